The fraction of sp³-hybridized carbons (Fsp3) is 0.222. The molecule has 0 saturated heterocycles. The Balaban J connectivity index is 2.81. The predicted octanol–water partition coefficient (Wildman–Crippen LogP) is 0.794. The Morgan fingerprint density at radius 2 is 2.33 bits per heavy atom. The highest BCUT2D eigenvalue weighted by molar-refractivity contribution is 5.97. The van der Waals surface area contributed by atoms with Gasteiger partial charge < -0.3 is 10.4 Å². The van der Waals surface area contributed by atoms with Crippen LogP contribution in [0, 0.1) is 0 Å². The van der Waals surface area contributed by atoms with E-state index in [1.807, 2.05) is 0 Å². The van der Waals surface area contributed by atoms with E-state index in [4.69, 9.17) is 5.11 Å². The Morgan fingerprint density at radius 3 is 2.92 bits per heavy atom. The van der Waals surface area contributed by atoms with E-state index in [-0.39, 0.29) is 11.5 Å². The monoisotopic (exact) mass is 165 g/mol. The molecule has 0 aromatic heterocycles. The van der Waals surface area contributed by atoms with E-state index >= 15 is 0 Å². The Kier molecular flexibility index (Phi) is 2.82. The highest BCUT2D eigenvalue weighted by Crippen LogP contribution is 2.10. The fourth-order valence-corrected chi connectivity index (χ4v) is 0.942. The molecule has 64 valence electrons. The van der Waals surface area contributed by atoms with Crippen LogP contribution >= 0.6 is 0 Å². The van der Waals surface area contributed by atoms with Crippen LogP contribution in [0.5, 0.6) is 5.75 Å². The summed E-state index contributed by atoms with van der Waals surface area (Å²) in [6.45, 7) is 0.295. The quantitative estimate of drug-likeness (QED) is 0.651. The van der Waals surface area contributed by atoms with Gasteiger partial charge in [-0.25, -0.2) is 0 Å². The lowest BCUT2D eigenvalue weighted by Gasteiger charge is -1.99. The number of aromatic hydroxyl groups is 1. The Morgan fingerprint density at radius 1 is 1.58 bits per heavy atom. The van der Waals surface area contributed by atoms with Crippen LogP contribution < -0.4 is 5.32 Å². The summed E-state index contributed by atoms with van der Waals surface area (Å²) in [4.78, 5) is 11.2. The minimum absolute atomic E-state index is 0.0200. The average Bonchev–Trinajstić information content (AvgIpc) is 2.05. The van der Waals surface area contributed by atoms with Crippen molar-refractivity contribution in [1.82, 2.24) is 5.32 Å². The Hall–Kier alpha value is -1.35. The first kappa shape index (κ1) is 8.74. The molecule has 0 aliphatic heterocycles. The standard InChI is InChI=1S/C9H11NO2/c1-10-6-9(12)7-3-2-4-8(11)5-7/h2-5,10-11H,6H2,1H3. The van der Waals surface area contributed by atoms with E-state index in [0.29, 0.717) is 12.1 Å². The van der Waals surface area contributed by atoms with Gasteiger partial charge in [0.05, 0.1) is 6.54 Å². The fourth-order valence-electron chi connectivity index (χ4n) is 0.942. The van der Waals surface area contributed by atoms with Crippen LogP contribution in [0.2, 0.25) is 0 Å². The minimum Gasteiger partial charge on any atom is -0.508 e. The molecule has 2 N–H and O–H groups in total. The number of carbonyl (C=O) groups is 1. The van der Waals surface area contributed by atoms with Crippen molar-refractivity contribution in [3.63, 3.8) is 0 Å². The summed E-state index contributed by atoms with van der Waals surface area (Å²) in [5.74, 6) is 0.102. The van der Waals surface area contributed by atoms with E-state index in [0.717, 1.165) is 0 Å². The zero-order valence-corrected chi connectivity index (χ0v) is 6.87. The average molecular weight is 165 g/mol. The van der Waals surface area contributed by atoms with Gasteiger partial charge in [-0.1, -0.05) is 12.1 Å². The van der Waals surface area contributed by atoms with Gasteiger partial charge >= 0.3 is 0 Å². The molecule has 0 saturated carbocycles. The highest BCUT2D eigenvalue weighted by atomic mass is 16.3. The molecule has 0 aliphatic rings. The van der Waals surface area contributed by atoms with Gasteiger partial charge in [0.2, 0.25) is 0 Å². The maximum Gasteiger partial charge on any atom is 0.176 e. The van der Waals surface area contributed by atoms with E-state index in [1.165, 1.54) is 12.1 Å². The molecule has 0 bridgehead atoms. The molecule has 0 fully saturated rings. The molecule has 0 radical (unpaired) electrons. The molecule has 0 amide bonds. The van der Waals surface area contributed by atoms with Crippen LogP contribution in [0.25, 0.3) is 0 Å². The predicted molar refractivity (Wildman–Crippen MR) is 46.4 cm³/mol. The van der Waals surface area contributed by atoms with E-state index < -0.39 is 0 Å². The van der Waals surface area contributed by atoms with Gasteiger partial charge in [0.25, 0.3) is 0 Å². The van der Waals surface area contributed by atoms with Crippen molar-refractivity contribution in [2.75, 3.05) is 13.6 Å². The van der Waals surface area contributed by atoms with Crippen LogP contribution in [0.1, 0.15) is 10.4 Å². The second-order valence-electron chi connectivity index (χ2n) is 2.50. The molecule has 0 spiro atoms. The van der Waals surface area contributed by atoms with E-state index in [9.17, 15) is 4.79 Å². The van der Waals surface area contributed by atoms with E-state index in [1.54, 1.807) is 19.2 Å². The number of rotatable bonds is 3. The smallest absolute Gasteiger partial charge is 0.176 e. The van der Waals surface area contributed by atoms with Crippen molar-refractivity contribution in [1.29, 1.82) is 0 Å². The normalized spacial score (nSPS) is 9.75. The maximum absolute atomic E-state index is 11.2. The molecule has 3 nitrogen and oxygen atoms in total. The number of carbonyl (C=O) groups excluding carboxylic acids is 1. The lowest BCUT2D eigenvalue weighted by atomic mass is 10.1. The summed E-state index contributed by atoms with van der Waals surface area (Å²) < 4.78 is 0. The van der Waals surface area contributed by atoms with Gasteiger partial charge in [-0.3, -0.25) is 4.79 Å². The third kappa shape index (κ3) is 2.07. The van der Waals surface area contributed by atoms with Crippen LogP contribution in [-0.2, 0) is 0 Å². The summed E-state index contributed by atoms with van der Waals surface area (Å²) in [5, 5.41) is 11.8. The van der Waals surface area contributed by atoms with Crippen molar-refractivity contribution in [3.8, 4) is 5.75 Å². The summed E-state index contributed by atoms with van der Waals surface area (Å²) in [5.41, 5.74) is 0.532. The number of ketones is 1. The van der Waals surface area contributed by atoms with Crippen LogP contribution in [0.15, 0.2) is 24.3 Å². The number of hydrogen-bond acceptors (Lipinski definition) is 3. The van der Waals surface area contributed by atoms with Crippen LogP contribution in [0.3, 0.4) is 0 Å². The zero-order valence-electron chi connectivity index (χ0n) is 6.87. The third-order valence-electron chi connectivity index (χ3n) is 1.51. The second-order valence-corrected chi connectivity index (χ2v) is 2.50. The SMILES string of the molecule is CNCC(=O)c1cccc(O)c1. The summed E-state index contributed by atoms with van der Waals surface area (Å²) in [6.07, 6.45) is 0. The number of Topliss-reactive ketones (excluding diaryl/α,β-unsaturated/α-hetero) is 1. The van der Waals surface area contributed by atoms with Crippen LogP contribution in [-0.4, -0.2) is 24.5 Å². The zero-order chi connectivity index (χ0) is 8.97. The van der Waals surface area contributed by atoms with Crippen molar-refractivity contribution in [2.24, 2.45) is 0 Å². The van der Waals surface area contributed by atoms with Gasteiger partial charge in [-0.15, -0.1) is 0 Å². The summed E-state index contributed by atoms with van der Waals surface area (Å²) >= 11 is 0. The van der Waals surface area contributed by atoms with Gasteiger partial charge in [-0.05, 0) is 19.2 Å². The number of phenols is 1. The van der Waals surface area contributed by atoms with Crippen molar-refractivity contribution in [2.45, 2.75) is 0 Å². The molecule has 0 atom stereocenters. The molecule has 1 aromatic carbocycles. The number of phenolic OH excluding ortho intramolecular Hbond substituents is 1. The molecular formula is C9H11NO2. The first-order chi connectivity index (χ1) is 5.74. The molecule has 1 aromatic rings. The second kappa shape index (κ2) is 3.88. The Bertz CT molecular complexity index is 284. The maximum atomic E-state index is 11.2. The minimum atomic E-state index is -0.0200. The third-order valence-corrected chi connectivity index (χ3v) is 1.51. The first-order valence-electron chi connectivity index (χ1n) is 3.71. The molecule has 0 heterocycles. The molecule has 3 heteroatoms. The Labute approximate surface area is 71.0 Å². The number of likely N-dealkylation sites (N-methyl/N-ethyl adjacent to an activating group) is 1. The largest absolute Gasteiger partial charge is 0.508 e. The lowest BCUT2D eigenvalue weighted by molar-refractivity contribution is 0.0993. The van der Waals surface area contributed by atoms with Gasteiger partial charge in [0, 0.05) is 5.56 Å². The number of benzene rings is 1. The van der Waals surface area contributed by atoms with Gasteiger partial charge in [0.15, 0.2) is 5.78 Å². The topological polar surface area (TPSA) is 49.3 Å². The molecule has 12 heavy (non-hydrogen) atoms. The van der Waals surface area contributed by atoms with E-state index in [2.05, 4.69) is 5.32 Å². The molecule has 0 unspecified atom stereocenters. The molecule has 0 aliphatic carbocycles. The van der Waals surface area contributed by atoms with Crippen LogP contribution in [0.4, 0.5) is 0 Å². The molecule has 1 rings (SSSR count). The van der Waals surface area contributed by atoms with Gasteiger partial charge in [0.1, 0.15) is 5.75 Å². The first-order valence-corrected chi connectivity index (χ1v) is 3.71. The van der Waals surface area contributed by atoms with Crippen molar-refractivity contribution in [3.05, 3.63) is 29.8 Å². The summed E-state index contributed by atoms with van der Waals surface area (Å²) in [6, 6.07) is 6.33. The van der Waals surface area contributed by atoms with Gasteiger partial charge in [-0.2, -0.15) is 0 Å². The lowest BCUT2D eigenvalue weighted by Crippen LogP contribution is -2.18. The number of hydrogen-bond donors (Lipinski definition) is 2. The van der Waals surface area contributed by atoms with Crippen molar-refractivity contribution >= 4 is 5.78 Å². The number of nitrogens with one attached hydrogen (secondary N) is 1. The highest BCUT2D eigenvalue weighted by Gasteiger charge is 2.03. The van der Waals surface area contributed by atoms with Crippen molar-refractivity contribution < 1.29 is 9.90 Å². The molecular weight excluding hydrogens is 154 g/mol. The summed E-state index contributed by atoms with van der Waals surface area (Å²) in [7, 11) is 1.71.